The van der Waals surface area contributed by atoms with Crippen LogP contribution in [0.5, 0.6) is 0 Å². The summed E-state index contributed by atoms with van der Waals surface area (Å²) in [5.74, 6) is 0. The molecule has 1 N–H and O–H groups in total. The zero-order valence-electron chi connectivity index (χ0n) is 10.8. The highest BCUT2D eigenvalue weighted by Gasteiger charge is 2.10. The van der Waals surface area contributed by atoms with Crippen molar-refractivity contribution in [3.63, 3.8) is 0 Å². The number of nitrogens with one attached hydrogen (secondary N) is 1. The van der Waals surface area contributed by atoms with Crippen LogP contribution in [0.2, 0.25) is 10.0 Å². The SMILES string of the molecule is O=c1nc(-c2ccc(Cl)cc2)c(-c2ccc(Cl)cc2)c[nH]1. The first kappa shape index (κ1) is 13.9. The molecule has 0 amide bonds. The van der Waals surface area contributed by atoms with Gasteiger partial charge in [-0.25, -0.2) is 4.79 Å². The van der Waals surface area contributed by atoms with Gasteiger partial charge in [-0.2, -0.15) is 4.98 Å². The van der Waals surface area contributed by atoms with E-state index in [2.05, 4.69) is 9.97 Å². The van der Waals surface area contributed by atoms with Crippen LogP contribution in [0.15, 0.2) is 59.5 Å². The quantitative estimate of drug-likeness (QED) is 0.761. The van der Waals surface area contributed by atoms with Gasteiger partial charge in [0.15, 0.2) is 0 Å². The smallest absolute Gasteiger partial charge is 0.312 e. The fourth-order valence-corrected chi connectivity index (χ4v) is 2.33. The number of hydrogen-bond donors (Lipinski definition) is 1. The highest BCUT2D eigenvalue weighted by Crippen LogP contribution is 2.30. The lowest BCUT2D eigenvalue weighted by Crippen LogP contribution is -2.11. The molecule has 0 unspecified atom stereocenters. The van der Waals surface area contributed by atoms with Gasteiger partial charge in [-0.05, 0) is 29.8 Å². The summed E-state index contributed by atoms with van der Waals surface area (Å²) in [7, 11) is 0. The summed E-state index contributed by atoms with van der Waals surface area (Å²) in [6, 6.07) is 14.6. The van der Waals surface area contributed by atoms with Gasteiger partial charge < -0.3 is 4.98 Å². The molecule has 0 atom stereocenters. The van der Waals surface area contributed by atoms with Gasteiger partial charge in [-0.1, -0.05) is 47.5 Å². The third kappa shape index (κ3) is 2.99. The van der Waals surface area contributed by atoms with Crippen LogP contribution in [-0.4, -0.2) is 9.97 Å². The molecule has 3 nitrogen and oxygen atoms in total. The Morgan fingerprint density at radius 2 is 1.33 bits per heavy atom. The Morgan fingerprint density at radius 1 is 0.810 bits per heavy atom. The standard InChI is InChI=1S/C16H10Cl2N2O/c17-12-5-1-10(2-6-12)14-9-19-16(21)20-15(14)11-3-7-13(18)8-4-11/h1-9H,(H,19,20,21). The Balaban J connectivity index is 2.19. The third-order valence-electron chi connectivity index (χ3n) is 3.08. The van der Waals surface area contributed by atoms with E-state index in [0.717, 1.165) is 16.7 Å². The fraction of sp³-hybridized carbons (Fsp3) is 0. The lowest BCUT2D eigenvalue weighted by molar-refractivity contribution is 1.08. The molecule has 1 heterocycles. The number of halogens is 2. The molecule has 0 saturated heterocycles. The largest absolute Gasteiger partial charge is 0.345 e. The van der Waals surface area contributed by atoms with Crippen LogP contribution in [0.1, 0.15) is 0 Å². The number of rotatable bonds is 2. The monoisotopic (exact) mass is 316 g/mol. The van der Waals surface area contributed by atoms with Gasteiger partial charge in [0, 0.05) is 27.4 Å². The molecule has 0 bridgehead atoms. The highest BCUT2D eigenvalue weighted by molar-refractivity contribution is 6.31. The van der Waals surface area contributed by atoms with Crippen molar-refractivity contribution in [2.75, 3.05) is 0 Å². The van der Waals surface area contributed by atoms with Crippen LogP contribution in [0.4, 0.5) is 0 Å². The maximum absolute atomic E-state index is 11.6. The maximum atomic E-state index is 11.6. The minimum Gasteiger partial charge on any atom is -0.312 e. The topological polar surface area (TPSA) is 45.8 Å². The van der Waals surface area contributed by atoms with E-state index >= 15 is 0 Å². The van der Waals surface area contributed by atoms with Crippen LogP contribution in [0.3, 0.4) is 0 Å². The van der Waals surface area contributed by atoms with Crippen molar-refractivity contribution < 1.29 is 0 Å². The van der Waals surface area contributed by atoms with E-state index in [9.17, 15) is 4.79 Å². The predicted octanol–water partition coefficient (Wildman–Crippen LogP) is 4.41. The summed E-state index contributed by atoms with van der Waals surface area (Å²) in [6.45, 7) is 0. The van der Waals surface area contributed by atoms with Crippen molar-refractivity contribution in [1.29, 1.82) is 0 Å². The van der Waals surface area contributed by atoms with Crippen LogP contribution >= 0.6 is 23.2 Å². The molecule has 0 saturated carbocycles. The van der Waals surface area contributed by atoms with E-state index in [4.69, 9.17) is 23.2 Å². The van der Waals surface area contributed by atoms with Gasteiger partial charge >= 0.3 is 5.69 Å². The normalized spacial score (nSPS) is 10.6. The number of aromatic amines is 1. The van der Waals surface area contributed by atoms with Gasteiger partial charge in [0.25, 0.3) is 0 Å². The first-order valence-electron chi connectivity index (χ1n) is 6.25. The summed E-state index contributed by atoms with van der Waals surface area (Å²) in [4.78, 5) is 18.2. The second-order valence-corrected chi connectivity index (χ2v) is 5.35. The van der Waals surface area contributed by atoms with Crippen LogP contribution in [0.25, 0.3) is 22.4 Å². The molecule has 0 aliphatic rings. The van der Waals surface area contributed by atoms with E-state index in [-0.39, 0.29) is 0 Å². The first-order chi connectivity index (χ1) is 10.1. The predicted molar refractivity (Wildman–Crippen MR) is 85.7 cm³/mol. The zero-order valence-corrected chi connectivity index (χ0v) is 12.3. The average molecular weight is 317 g/mol. The summed E-state index contributed by atoms with van der Waals surface area (Å²) in [6.07, 6.45) is 1.66. The van der Waals surface area contributed by atoms with Gasteiger partial charge in [0.05, 0.1) is 5.69 Å². The maximum Gasteiger partial charge on any atom is 0.345 e. The number of benzene rings is 2. The molecule has 0 radical (unpaired) electrons. The van der Waals surface area contributed by atoms with E-state index < -0.39 is 5.69 Å². The molecule has 2 aromatic carbocycles. The van der Waals surface area contributed by atoms with Crippen molar-refractivity contribution in [2.45, 2.75) is 0 Å². The number of H-pyrrole nitrogens is 1. The van der Waals surface area contributed by atoms with Gasteiger partial charge in [0.1, 0.15) is 0 Å². The van der Waals surface area contributed by atoms with Gasteiger partial charge in [-0.15, -0.1) is 0 Å². The van der Waals surface area contributed by atoms with Crippen molar-refractivity contribution in [3.8, 4) is 22.4 Å². The second-order valence-electron chi connectivity index (χ2n) is 4.48. The Bertz CT molecular complexity index is 824. The summed E-state index contributed by atoms with van der Waals surface area (Å²) >= 11 is 11.8. The zero-order chi connectivity index (χ0) is 14.8. The van der Waals surface area contributed by atoms with E-state index in [1.54, 1.807) is 30.5 Å². The van der Waals surface area contributed by atoms with Crippen molar-refractivity contribution in [2.24, 2.45) is 0 Å². The molecular weight excluding hydrogens is 307 g/mol. The summed E-state index contributed by atoms with van der Waals surface area (Å²) in [5.41, 5.74) is 2.80. The molecule has 1 aromatic heterocycles. The van der Waals surface area contributed by atoms with Crippen molar-refractivity contribution in [1.82, 2.24) is 9.97 Å². The highest BCUT2D eigenvalue weighted by atomic mass is 35.5. The fourth-order valence-electron chi connectivity index (χ4n) is 2.07. The molecule has 0 spiro atoms. The lowest BCUT2D eigenvalue weighted by Gasteiger charge is -2.08. The second kappa shape index (κ2) is 5.72. The molecule has 5 heteroatoms. The van der Waals surface area contributed by atoms with Crippen molar-refractivity contribution >= 4 is 23.2 Å². The number of nitrogens with zero attached hydrogens (tertiary/aromatic N) is 1. The van der Waals surface area contributed by atoms with E-state index in [1.807, 2.05) is 24.3 Å². The van der Waals surface area contributed by atoms with Crippen LogP contribution in [0, 0.1) is 0 Å². The minimum absolute atomic E-state index is 0.391. The molecule has 3 aromatic rings. The van der Waals surface area contributed by atoms with Crippen molar-refractivity contribution in [3.05, 3.63) is 75.3 Å². The Hall–Kier alpha value is -2.10. The summed E-state index contributed by atoms with van der Waals surface area (Å²) in [5, 5.41) is 1.29. The summed E-state index contributed by atoms with van der Waals surface area (Å²) < 4.78 is 0. The molecule has 104 valence electrons. The molecule has 3 rings (SSSR count). The Morgan fingerprint density at radius 3 is 1.90 bits per heavy atom. The molecule has 0 fully saturated rings. The number of aromatic nitrogens is 2. The number of hydrogen-bond acceptors (Lipinski definition) is 2. The third-order valence-corrected chi connectivity index (χ3v) is 3.59. The van der Waals surface area contributed by atoms with Gasteiger partial charge in [-0.3, -0.25) is 0 Å². The minimum atomic E-state index is -0.391. The van der Waals surface area contributed by atoms with Crippen LogP contribution in [-0.2, 0) is 0 Å². The first-order valence-corrected chi connectivity index (χ1v) is 7.01. The molecular formula is C16H10Cl2N2O. The van der Waals surface area contributed by atoms with E-state index in [0.29, 0.717) is 15.7 Å². The average Bonchev–Trinajstić information content (AvgIpc) is 2.49. The van der Waals surface area contributed by atoms with Crippen LogP contribution < -0.4 is 5.69 Å². The Kier molecular flexibility index (Phi) is 3.78. The Labute approximate surface area is 131 Å². The lowest BCUT2D eigenvalue weighted by atomic mass is 10.0. The molecule has 21 heavy (non-hydrogen) atoms. The molecule has 0 aliphatic heterocycles. The molecule has 0 aliphatic carbocycles. The van der Waals surface area contributed by atoms with E-state index in [1.165, 1.54) is 0 Å². The van der Waals surface area contributed by atoms with Gasteiger partial charge in [0.2, 0.25) is 0 Å².